The second kappa shape index (κ2) is 18.7. The first-order valence-electron chi connectivity index (χ1n) is 20.8. The van der Waals surface area contributed by atoms with Crippen molar-refractivity contribution in [1.29, 1.82) is 0 Å². The second-order valence-electron chi connectivity index (χ2n) is 20.1. The number of aliphatic hydroxyl groups excluding tert-OH is 4. The van der Waals surface area contributed by atoms with Crippen LogP contribution in [0.3, 0.4) is 0 Å². The summed E-state index contributed by atoms with van der Waals surface area (Å²) in [6.45, 7) is 24.6. The van der Waals surface area contributed by atoms with Crippen molar-refractivity contribution in [2.24, 2.45) is 17.3 Å². The van der Waals surface area contributed by atoms with Gasteiger partial charge in [0.2, 0.25) is 0 Å². The predicted molar refractivity (Wildman–Crippen MR) is 212 cm³/mol. The summed E-state index contributed by atoms with van der Waals surface area (Å²) in [5.41, 5.74) is -3.10. The van der Waals surface area contributed by atoms with E-state index in [1.165, 1.54) is 12.7 Å². The molecule has 3 heterocycles. The molecule has 0 spiro atoms. The van der Waals surface area contributed by atoms with E-state index in [2.05, 4.69) is 19.9 Å². The molecule has 58 heavy (non-hydrogen) atoms. The summed E-state index contributed by atoms with van der Waals surface area (Å²) in [7, 11) is 1.45. The van der Waals surface area contributed by atoms with Gasteiger partial charge in [-0.1, -0.05) is 25.5 Å². The van der Waals surface area contributed by atoms with E-state index in [-0.39, 0.29) is 49.6 Å². The molecule has 4 aliphatic rings. The summed E-state index contributed by atoms with van der Waals surface area (Å²) in [6, 6.07) is 0. The topological polar surface area (TPSA) is 198 Å². The van der Waals surface area contributed by atoms with Crippen LogP contribution in [0, 0.1) is 17.3 Å². The van der Waals surface area contributed by atoms with E-state index in [4.69, 9.17) is 42.6 Å². The largest absolute Gasteiger partial charge is 0.463 e. The quantitative estimate of drug-likeness (QED) is 0.123. The Bertz CT molecular complexity index is 1410. The smallest absolute Gasteiger partial charge is 0.338 e. The number of rotatable bonds is 17. The Balaban J connectivity index is 1.45. The van der Waals surface area contributed by atoms with Crippen molar-refractivity contribution < 1.29 is 72.6 Å². The molecule has 336 valence electrons. The van der Waals surface area contributed by atoms with E-state index >= 15 is 0 Å². The lowest BCUT2D eigenvalue weighted by Crippen LogP contribution is -2.67. The average Bonchev–Trinajstić information content (AvgIpc) is 3.39. The highest BCUT2D eigenvalue weighted by Crippen LogP contribution is 2.59. The van der Waals surface area contributed by atoms with Gasteiger partial charge in [-0.05, 0) is 107 Å². The molecule has 3 saturated heterocycles. The molecule has 1 aliphatic carbocycles. The molecule has 0 aromatic heterocycles. The molecule has 0 amide bonds. The summed E-state index contributed by atoms with van der Waals surface area (Å²) in [5.74, 6) is -1.12. The van der Waals surface area contributed by atoms with E-state index in [1.807, 2.05) is 13.8 Å². The molecule has 4 N–H and O–H groups in total. The van der Waals surface area contributed by atoms with Crippen molar-refractivity contribution >= 4 is 11.9 Å². The monoisotopic (exact) mass is 831 g/mol. The van der Waals surface area contributed by atoms with E-state index in [9.17, 15) is 30.0 Å². The molecule has 13 atom stereocenters. The fourth-order valence-corrected chi connectivity index (χ4v) is 8.21. The molecule has 11 unspecified atom stereocenters. The first-order chi connectivity index (χ1) is 26.6. The van der Waals surface area contributed by atoms with Crippen molar-refractivity contribution in [3.05, 3.63) is 11.6 Å². The van der Waals surface area contributed by atoms with Gasteiger partial charge in [-0.2, -0.15) is 0 Å². The second-order valence-corrected chi connectivity index (χ2v) is 20.1. The Kier molecular flexibility index (Phi) is 15.8. The minimum atomic E-state index is -1.55. The number of methoxy groups -OCH3 is 1. The van der Waals surface area contributed by atoms with Crippen LogP contribution < -0.4 is 0 Å². The zero-order valence-corrected chi connectivity index (χ0v) is 37.3. The third-order valence-electron chi connectivity index (χ3n) is 12.2. The zero-order valence-electron chi connectivity index (χ0n) is 37.3. The maximum Gasteiger partial charge on any atom is 0.338 e. The van der Waals surface area contributed by atoms with E-state index in [1.54, 1.807) is 62.3 Å². The van der Waals surface area contributed by atoms with Crippen molar-refractivity contribution in [2.75, 3.05) is 33.5 Å². The number of carbonyl (C=O) groups excluding carboxylic acids is 2. The minimum absolute atomic E-state index is 0.0158. The Morgan fingerprint density at radius 2 is 1.28 bits per heavy atom. The van der Waals surface area contributed by atoms with Crippen LogP contribution in [0.2, 0.25) is 0 Å². The van der Waals surface area contributed by atoms with Gasteiger partial charge < -0.3 is 63.1 Å². The number of aliphatic hydroxyl groups is 4. The number of hydrogen-bond donors (Lipinski definition) is 4. The number of esters is 2. The normalized spacial score (nSPS) is 35.7. The molecule has 4 fully saturated rings. The Morgan fingerprint density at radius 1 is 0.759 bits per heavy atom. The van der Waals surface area contributed by atoms with Crippen molar-refractivity contribution in [3.8, 4) is 0 Å². The highest BCUT2D eigenvalue weighted by atomic mass is 16.6. The van der Waals surface area contributed by atoms with Crippen molar-refractivity contribution in [2.45, 2.75) is 199 Å². The molecule has 0 aromatic rings. The molecular formula is C43H74O15. The standard InChI is InChI=1S/C43H74O15/c1-23(2)20-25-26(41(25,8)9)22-53-38(49)34-32(28(45)29(46)35(55-34)42(10,11)50-14)58-40(6,7)17-19-54-43(12,13)36-30(47)27(44)31(57-39(3,4)5)33(56-36)37(48)52-21-24-16-15-18-51-24/h20,24-36,44-47H,15-19,21-22H2,1-14H3/t24?,25?,26?,27?,28?,29?,30?,31-,32-,33?,34?,35?,36?/m0/s1. The van der Waals surface area contributed by atoms with Gasteiger partial charge in [-0.25, -0.2) is 9.59 Å². The van der Waals surface area contributed by atoms with Gasteiger partial charge >= 0.3 is 11.9 Å². The third kappa shape index (κ3) is 11.8. The minimum Gasteiger partial charge on any atom is -0.463 e. The Morgan fingerprint density at radius 3 is 1.76 bits per heavy atom. The Labute approximate surface area is 345 Å². The van der Waals surface area contributed by atoms with Crippen LogP contribution in [0.15, 0.2) is 11.6 Å². The lowest BCUT2D eigenvalue weighted by molar-refractivity contribution is -0.291. The summed E-state index contributed by atoms with van der Waals surface area (Å²) in [4.78, 5) is 27.3. The van der Waals surface area contributed by atoms with Crippen LogP contribution in [0.5, 0.6) is 0 Å². The van der Waals surface area contributed by atoms with Crippen molar-refractivity contribution in [3.63, 3.8) is 0 Å². The lowest BCUT2D eigenvalue weighted by atomic mass is 9.86. The van der Waals surface area contributed by atoms with Crippen LogP contribution in [-0.4, -0.2) is 155 Å². The lowest BCUT2D eigenvalue weighted by Gasteiger charge is -2.49. The molecule has 1 saturated carbocycles. The molecule has 3 aliphatic heterocycles. The van der Waals surface area contributed by atoms with Crippen LogP contribution in [0.4, 0.5) is 0 Å². The van der Waals surface area contributed by atoms with Gasteiger partial charge in [-0.15, -0.1) is 0 Å². The third-order valence-corrected chi connectivity index (χ3v) is 12.2. The highest BCUT2D eigenvalue weighted by molar-refractivity contribution is 5.76. The first kappa shape index (κ1) is 48.9. The van der Waals surface area contributed by atoms with Gasteiger partial charge in [-0.3, -0.25) is 0 Å². The summed E-state index contributed by atoms with van der Waals surface area (Å²) in [6.07, 6.45) is -9.87. The fraction of sp³-hybridized carbons (Fsp3) is 0.907. The fourth-order valence-electron chi connectivity index (χ4n) is 8.21. The predicted octanol–water partition coefficient (Wildman–Crippen LogP) is 3.43. The summed E-state index contributed by atoms with van der Waals surface area (Å²) >= 11 is 0. The van der Waals surface area contributed by atoms with Gasteiger partial charge in [0.25, 0.3) is 0 Å². The van der Waals surface area contributed by atoms with E-state index in [0.29, 0.717) is 6.61 Å². The van der Waals surface area contributed by atoms with Gasteiger partial charge in [0.15, 0.2) is 12.2 Å². The van der Waals surface area contributed by atoms with Crippen LogP contribution in [0.25, 0.3) is 0 Å². The molecular weight excluding hydrogens is 756 g/mol. The van der Waals surface area contributed by atoms with E-state index < -0.39 is 95.4 Å². The summed E-state index contributed by atoms with van der Waals surface area (Å²) < 4.78 is 53.8. The SMILES string of the molecule is COC(C)(C)C1OC(C(=O)OCC2C(C=C(C)C)C2(C)C)[C@@H](OC(C)(C)CCOC(C)(C)C2OC(C(=O)OCC3CCCO3)[C@@H](OC(C)(C)C)C(O)C2O)C(O)C1O. The number of carbonyl (C=O) groups is 2. The molecule has 0 aromatic carbocycles. The number of hydrogen-bond acceptors (Lipinski definition) is 15. The Hall–Kier alpha value is -1.76. The number of allylic oxidation sites excluding steroid dienone is 2. The first-order valence-corrected chi connectivity index (χ1v) is 20.8. The van der Waals surface area contributed by atoms with Gasteiger partial charge in [0, 0.05) is 19.6 Å². The van der Waals surface area contributed by atoms with E-state index in [0.717, 1.165) is 12.8 Å². The maximum atomic E-state index is 13.8. The molecule has 15 nitrogen and oxygen atoms in total. The van der Waals surface area contributed by atoms with Crippen LogP contribution in [-0.2, 0) is 52.2 Å². The van der Waals surface area contributed by atoms with Crippen LogP contribution >= 0.6 is 0 Å². The molecule has 0 bridgehead atoms. The average molecular weight is 831 g/mol. The summed E-state index contributed by atoms with van der Waals surface area (Å²) in [5, 5.41) is 45.5. The highest BCUT2D eigenvalue weighted by Gasteiger charge is 2.59. The zero-order chi connectivity index (χ0) is 43.8. The van der Waals surface area contributed by atoms with Crippen LogP contribution in [0.1, 0.15) is 109 Å². The maximum absolute atomic E-state index is 13.8. The van der Waals surface area contributed by atoms with Crippen molar-refractivity contribution in [1.82, 2.24) is 0 Å². The van der Waals surface area contributed by atoms with Gasteiger partial charge in [0.1, 0.15) is 55.4 Å². The number of ether oxygens (including phenoxy) is 9. The molecule has 15 heteroatoms. The molecule has 4 rings (SSSR count). The molecule has 0 radical (unpaired) electrons. The van der Waals surface area contributed by atoms with Gasteiger partial charge in [0.05, 0.1) is 41.7 Å².